The average molecular weight is 259 g/mol. The van der Waals surface area contributed by atoms with Crippen molar-refractivity contribution in [1.29, 1.82) is 0 Å². The van der Waals surface area contributed by atoms with E-state index in [1.54, 1.807) is 5.51 Å². The second-order valence-corrected chi connectivity index (χ2v) is 4.93. The Kier molecular flexibility index (Phi) is 2.98. The van der Waals surface area contributed by atoms with Gasteiger partial charge < -0.3 is 10.6 Å². The third-order valence-corrected chi connectivity index (χ3v) is 3.63. The third-order valence-electron chi connectivity index (χ3n) is 3.00. The maximum Gasteiger partial charge on any atom is 0.251 e. The summed E-state index contributed by atoms with van der Waals surface area (Å²) >= 11 is 1.53. The van der Waals surface area contributed by atoms with Crippen LogP contribution < -0.4 is 10.6 Å². The minimum atomic E-state index is -0.0560. The standard InChI is InChI=1S/C13H13N3OS/c17-13(15-6-11-7-18-8-16-11)10-2-1-9-3-4-14-12(9)5-10/h1-2,5,7-8,14H,3-4,6H2,(H,15,17). The van der Waals surface area contributed by atoms with Gasteiger partial charge in [0.05, 0.1) is 17.7 Å². The molecule has 1 aromatic carbocycles. The number of nitrogens with one attached hydrogen (secondary N) is 2. The van der Waals surface area contributed by atoms with Crippen molar-refractivity contribution in [2.24, 2.45) is 0 Å². The molecule has 0 spiro atoms. The number of benzene rings is 1. The van der Waals surface area contributed by atoms with Gasteiger partial charge in [0.15, 0.2) is 0 Å². The molecular formula is C13H13N3OS. The van der Waals surface area contributed by atoms with Gasteiger partial charge in [-0.05, 0) is 24.1 Å². The summed E-state index contributed by atoms with van der Waals surface area (Å²) in [6.45, 7) is 1.44. The highest BCUT2D eigenvalue weighted by Crippen LogP contribution is 2.23. The van der Waals surface area contributed by atoms with Crippen LogP contribution in [0.3, 0.4) is 0 Å². The van der Waals surface area contributed by atoms with E-state index in [2.05, 4.69) is 15.6 Å². The zero-order valence-electron chi connectivity index (χ0n) is 9.77. The smallest absolute Gasteiger partial charge is 0.251 e. The molecule has 0 saturated carbocycles. The Morgan fingerprint density at radius 1 is 1.50 bits per heavy atom. The van der Waals surface area contributed by atoms with Gasteiger partial charge in [-0.3, -0.25) is 4.79 Å². The number of aromatic nitrogens is 1. The molecule has 0 bridgehead atoms. The number of carbonyl (C=O) groups excluding carboxylic acids is 1. The summed E-state index contributed by atoms with van der Waals surface area (Å²) in [6.07, 6.45) is 1.04. The second kappa shape index (κ2) is 4.78. The van der Waals surface area contributed by atoms with Crippen LogP contribution in [0.1, 0.15) is 21.6 Å². The van der Waals surface area contributed by atoms with Crippen LogP contribution in [-0.4, -0.2) is 17.4 Å². The first kappa shape index (κ1) is 11.2. The molecule has 1 aromatic heterocycles. The van der Waals surface area contributed by atoms with Gasteiger partial charge in [-0.1, -0.05) is 6.07 Å². The number of rotatable bonds is 3. The molecule has 1 aliphatic heterocycles. The number of fused-ring (bicyclic) bond motifs is 1. The molecule has 1 aliphatic rings. The van der Waals surface area contributed by atoms with Crippen molar-refractivity contribution in [3.8, 4) is 0 Å². The molecule has 5 heteroatoms. The van der Waals surface area contributed by atoms with Crippen molar-refractivity contribution in [1.82, 2.24) is 10.3 Å². The number of nitrogens with zero attached hydrogens (tertiary/aromatic N) is 1. The predicted molar refractivity (Wildman–Crippen MR) is 71.9 cm³/mol. The molecule has 92 valence electrons. The van der Waals surface area contributed by atoms with Gasteiger partial charge in [0, 0.05) is 23.2 Å². The molecule has 2 heterocycles. The van der Waals surface area contributed by atoms with Crippen LogP contribution in [0.15, 0.2) is 29.1 Å². The van der Waals surface area contributed by atoms with E-state index < -0.39 is 0 Å². The molecule has 3 rings (SSSR count). The highest BCUT2D eigenvalue weighted by molar-refractivity contribution is 7.07. The fraction of sp³-hybridized carbons (Fsp3) is 0.231. The van der Waals surface area contributed by atoms with Crippen molar-refractivity contribution in [2.75, 3.05) is 11.9 Å². The van der Waals surface area contributed by atoms with Gasteiger partial charge in [-0.15, -0.1) is 11.3 Å². The summed E-state index contributed by atoms with van der Waals surface area (Å²) in [5, 5.41) is 8.08. The van der Waals surface area contributed by atoms with Crippen molar-refractivity contribution >= 4 is 22.9 Å². The Hall–Kier alpha value is -1.88. The summed E-state index contributed by atoms with van der Waals surface area (Å²) in [4.78, 5) is 16.1. The zero-order chi connectivity index (χ0) is 12.4. The molecule has 4 nitrogen and oxygen atoms in total. The molecular weight excluding hydrogens is 246 g/mol. The lowest BCUT2D eigenvalue weighted by atomic mass is 10.1. The summed E-state index contributed by atoms with van der Waals surface area (Å²) < 4.78 is 0. The summed E-state index contributed by atoms with van der Waals surface area (Å²) in [5.74, 6) is -0.0560. The van der Waals surface area contributed by atoms with E-state index in [0.29, 0.717) is 12.1 Å². The topological polar surface area (TPSA) is 54.0 Å². The molecule has 0 saturated heterocycles. The molecule has 0 atom stereocenters. The quantitative estimate of drug-likeness (QED) is 0.887. The van der Waals surface area contributed by atoms with Crippen LogP contribution in [0.4, 0.5) is 5.69 Å². The lowest BCUT2D eigenvalue weighted by Crippen LogP contribution is -2.22. The van der Waals surface area contributed by atoms with Crippen LogP contribution >= 0.6 is 11.3 Å². The van der Waals surface area contributed by atoms with Gasteiger partial charge in [0.2, 0.25) is 0 Å². The lowest BCUT2D eigenvalue weighted by molar-refractivity contribution is 0.0950. The van der Waals surface area contributed by atoms with E-state index in [0.717, 1.165) is 24.3 Å². The van der Waals surface area contributed by atoms with Gasteiger partial charge in [0.25, 0.3) is 5.91 Å². The SMILES string of the molecule is O=C(NCc1cscn1)c1ccc2c(c1)NCC2. The Morgan fingerprint density at radius 3 is 3.28 bits per heavy atom. The molecule has 18 heavy (non-hydrogen) atoms. The van der Waals surface area contributed by atoms with Crippen LogP contribution in [0, 0.1) is 0 Å². The molecule has 0 aliphatic carbocycles. The van der Waals surface area contributed by atoms with E-state index >= 15 is 0 Å². The molecule has 2 N–H and O–H groups in total. The summed E-state index contributed by atoms with van der Waals surface area (Å²) in [6, 6.07) is 5.81. The van der Waals surface area contributed by atoms with Crippen LogP contribution in [-0.2, 0) is 13.0 Å². The third kappa shape index (κ3) is 2.22. The van der Waals surface area contributed by atoms with Crippen LogP contribution in [0.2, 0.25) is 0 Å². The monoisotopic (exact) mass is 259 g/mol. The number of anilines is 1. The van der Waals surface area contributed by atoms with E-state index in [4.69, 9.17) is 0 Å². The Morgan fingerprint density at radius 2 is 2.44 bits per heavy atom. The van der Waals surface area contributed by atoms with E-state index in [1.807, 2.05) is 23.6 Å². The van der Waals surface area contributed by atoms with Crippen molar-refractivity contribution in [3.63, 3.8) is 0 Å². The minimum Gasteiger partial charge on any atom is -0.384 e. The van der Waals surface area contributed by atoms with Gasteiger partial charge >= 0.3 is 0 Å². The number of amides is 1. The minimum absolute atomic E-state index is 0.0560. The summed E-state index contributed by atoms with van der Waals surface area (Å²) in [5.41, 5.74) is 5.72. The molecule has 2 aromatic rings. The Bertz CT molecular complexity index is 566. The predicted octanol–water partition coefficient (Wildman–Crippen LogP) is 2.04. The number of carbonyl (C=O) groups is 1. The van der Waals surface area contributed by atoms with E-state index in [-0.39, 0.29) is 5.91 Å². The van der Waals surface area contributed by atoms with Crippen molar-refractivity contribution in [2.45, 2.75) is 13.0 Å². The van der Waals surface area contributed by atoms with E-state index in [9.17, 15) is 4.79 Å². The highest BCUT2D eigenvalue weighted by atomic mass is 32.1. The maximum atomic E-state index is 12.0. The first-order chi connectivity index (χ1) is 8.83. The number of thiazole rings is 1. The van der Waals surface area contributed by atoms with E-state index in [1.165, 1.54) is 16.9 Å². The average Bonchev–Trinajstić information content (AvgIpc) is 3.05. The fourth-order valence-corrected chi connectivity index (χ4v) is 2.59. The number of hydrogen-bond acceptors (Lipinski definition) is 4. The summed E-state index contributed by atoms with van der Waals surface area (Å²) in [7, 11) is 0. The first-order valence-electron chi connectivity index (χ1n) is 5.85. The van der Waals surface area contributed by atoms with Gasteiger partial charge in [0.1, 0.15) is 0 Å². The Labute approximate surface area is 109 Å². The van der Waals surface area contributed by atoms with Crippen LogP contribution in [0.25, 0.3) is 0 Å². The zero-order valence-corrected chi connectivity index (χ0v) is 10.6. The van der Waals surface area contributed by atoms with Gasteiger partial charge in [-0.2, -0.15) is 0 Å². The lowest BCUT2D eigenvalue weighted by Gasteiger charge is -2.06. The molecule has 0 fully saturated rings. The normalized spacial score (nSPS) is 12.9. The van der Waals surface area contributed by atoms with Crippen molar-refractivity contribution < 1.29 is 4.79 Å². The Balaban J connectivity index is 1.69. The maximum absolute atomic E-state index is 12.0. The fourth-order valence-electron chi connectivity index (χ4n) is 2.03. The largest absolute Gasteiger partial charge is 0.384 e. The number of hydrogen-bond donors (Lipinski definition) is 2. The van der Waals surface area contributed by atoms with Crippen molar-refractivity contribution in [3.05, 3.63) is 45.9 Å². The first-order valence-corrected chi connectivity index (χ1v) is 6.79. The molecule has 0 radical (unpaired) electrons. The van der Waals surface area contributed by atoms with Gasteiger partial charge in [-0.25, -0.2) is 4.98 Å². The highest BCUT2D eigenvalue weighted by Gasteiger charge is 2.13. The molecule has 0 unspecified atom stereocenters. The van der Waals surface area contributed by atoms with Crippen LogP contribution in [0.5, 0.6) is 0 Å². The second-order valence-electron chi connectivity index (χ2n) is 4.21. The molecule has 1 amide bonds.